The van der Waals surface area contributed by atoms with E-state index in [-0.39, 0.29) is 10.9 Å². The summed E-state index contributed by atoms with van der Waals surface area (Å²) < 4.78 is 4.93. The van der Waals surface area contributed by atoms with Gasteiger partial charge in [0.1, 0.15) is 11.4 Å². The number of hydrogen-bond donors (Lipinski definition) is 2. The molecule has 14 heavy (non-hydrogen) atoms. The highest BCUT2D eigenvalue weighted by molar-refractivity contribution is 6.32. The molecule has 0 atom stereocenters. The third-order valence-corrected chi connectivity index (χ3v) is 2.09. The summed E-state index contributed by atoms with van der Waals surface area (Å²) in [6.45, 7) is 0. The number of nitrogens with two attached hydrogens (primary N) is 1. The first kappa shape index (κ1) is 8.90. The van der Waals surface area contributed by atoms with Gasteiger partial charge in [0.25, 0.3) is 0 Å². The standard InChI is InChI=1S/C9H7ClN2O2/c10-9-7(11)8(14-12-9)5-1-3-6(13)4-2-5/h1-4,13H,11H2. The second kappa shape index (κ2) is 3.23. The summed E-state index contributed by atoms with van der Waals surface area (Å²) >= 11 is 5.63. The molecule has 1 aromatic heterocycles. The molecule has 0 aliphatic heterocycles. The number of anilines is 1. The van der Waals surface area contributed by atoms with E-state index in [9.17, 15) is 0 Å². The Labute approximate surface area is 84.9 Å². The zero-order valence-corrected chi connectivity index (χ0v) is 7.82. The van der Waals surface area contributed by atoms with E-state index in [1.54, 1.807) is 12.1 Å². The van der Waals surface area contributed by atoms with Gasteiger partial charge in [-0.05, 0) is 24.3 Å². The minimum Gasteiger partial charge on any atom is -0.508 e. The normalized spacial score (nSPS) is 10.4. The molecule has 0 saturated carbocycles. The number of benzene rings is 1. The molecule has 0 amide bonds. The van der Waals surface area contributed by atoms with E-state index in [1.165, 1.54) is 12.1 Å². The summed E-state index contributed by atoms with van der Waals surface area (Å²) in [4.78, 5) is 0. The molecule has 1 heterocycles. The fraction of sp³-hybridized carbons (Fsp3) is 0. The van der Waals surface area contributed by atoms with Gasteiger partial charge in [-0.2, -0.15) is 0 Å². The van der Waals surface area contributed by atoms with Gasteiger partial charge in [-0.3, -0.25) is 0 Å². The highest BCUT2D eigenvalue weighted by Gasteiger charge is 2.12. The first-order valence-corrected chi connectivity index (χ1v) is 4.26. The van der Waals surface area contributed by atoms with Crippen LogP contribution in [0.4, 0.5) is 5.69 Å². The second-order valence-electron chi connectivity index (χ2n) is 2.76. The SMILES string of the molecule is Nc1c(Cl)noc1-c1ccc(O)cc1. The van der Waals surface area contributed by atoms with Crippen molar-refractivity contribution in [2.75, 3.05) is 5.73 Å². The number of phenolic OH excluding ortho intramolecular Hbond substituents is 1. The predicted molar refractivity (Wildman–Crippen MR) is 53.0 cm³/mol. The maximum atomic E-state index is 9.07. The molecule has 1 aromatic carbocycles. The molecule has 4 nitrogen and oxygen atoms in total. The Balaban J connectivity index is 2.49. The highest BCUT2D eigenvalue weighted by Crippen LogP contribution is 2.31. The lowest BCUT2D eigenvalue weighted by atomic mass is 10.1. The van der Waals surface area contributed by atoms with Crippen molar-refractivity contribution in [3.8, 4) is 17.1 Å². The molecule has 5 heteroatoms. The summed E-state index contributed by atoms with van der Waals surface area (Å²) in [5, 5.41) is 12.7. The maximum Gasteiger partial charge on any atom is 0.195 e. The molecular formula is C9H7ClN2O2. The van der Waals surface area contributed by atoms with Gasteiger partial charge in [0.2, 0.25) is 0 Å². The molecule has 72 valence electrons. The van der Waals surface area contributed by atoms with Crippen molar-refractivity contribution >= 4 is 17.3 Å². The van der Waals surface area contributed by atoms with E-state index < -0.39 is 0 Å². The first-order valence-electron chi connectivity index (χ1n) is 3.88. The molecule has 0 fully saturated rings. The molecule has 0 saturated heterocycles. The lowest BCUT2D eigenvalue weighted by Crippen LogP contribution is -1.85. The Hall–Kier alpha value is -1.68. The minimum absolute atomic E-state index is 0.146. The Morgan fingerprint density at radius 3 is 2.43 bits per heavy atom. The van der Waals surface area contributed by atoms with E-state index in [2.05, 4.69) is 5.16 Å². The maximum absolute atomic E-state index is 9.07. The van der Waals surface area contributed by atoms with Crippen LogP contribution in [0.1, 0.15) is 0 Å². The molecule has 0 radical (unpaired) electrons. The molecule has 0 aliphatic carbocycles. The summed E-state index contributed by atoms with van der Waals surface area (Å²) in [7, 11) is 0. The van der Waals surface area contributed by atoms with Gasteiger partial charge in [-0.15, -0.1) is 0 Å². The van der Waals surface area contributed by atoms with E-state index in [1.807, 2.05) is 0 Å². The van der Waals surface area contributed by atoms with E-state index in [4.69, 9.17) is 27.0 Å². The van der Waals surface area contributed by atoms with Crippen LogP contribution in [0.15, 0.2) is 28.8 Å². The van der Waals surface area contributed by atoms with Crippen molar-refractivity contribution in [1.82, 2.24) is 5.16 Å². The van der Waals surface area contributed by atoms with Crippen molar-refractivity contribution in [1.29, 1.82) is 0 Å². The Bertz CT molecular complexity index is 450. The third-order valence-electron chi connectivity index (χ3n) is 1.81. The molecule has 0 bridgehead atoms. The van der Waals surface area contributed by atoms with E-state index in [0.717, 1.165) is 5.56 Å². The molecule has 3 N–H and O–H groups in total. The first-order chi connectivity index (χ1) is 6.68. The predicted octanol–water partition coefficient (Wildman–Crippen LogP) is 2.28. The Morgan fingerprint density at radius 1 is 1.29 bits per heavy atom. The summed E-state index contributed by atoms with van der Waals surface area (Å²) in [5.74, 6) is 0.591. The van der Waals surface area contributed by atoms with Crippen LogP contribution in [0.2, 0.25) is 5.15 Å². The van der Waals surface area contributed by atoms with Gasteiger partial charge >= 0.3 is 0 Å². The van der Waals surface area contributed by atoms with Gasteiger partial charge in [-0.1, -0.05) is 16.8 Å². The van der Waals surface area contributed by atoms with Gasteiger partial charge in [0.05, 0.1) is 0 Å². The fourth-order valence-electron chi connectivity index (χ4n) is 1.10. The molecule has 0 unspecified atom stereocenters. The topological polar surface area (TPSA) is 72.3 Å². The molecule has 2 aromatic rings. The highest BCUT2D eigenvalue weighted by atomic mass is 35.5. The monoisotopic (exact) mass is 210 g/mol. The van der Waals surface area contributed by atoms with Crippen molar-refractivity contribution in [3.63, 3.8) is 0 Å². The van der Waals surface area contributed by atoms with Crippen LogP contribution in [-0.2, 0) is 0 Å². The average Bonchev–Trinajstić information content (AvgIpc) is 2.50. The summed E-state index contributed by atoms with van der Waals surface area (Å²) in [6.07, 6.45) is 0. The van der Waals surface area contributed by atoms with Crippen molar-refractivity contribution < 1.29 is 9.63 Å². The molecule has 0 aliphatic rings. The van der Waals surface area contributed by atoms with Crippen LogP contribution in [-0.4, -0.2) is 10.3 Å². The van der Waals surface area contributed by atoms with Crippen molar-refractivity contribution in [2.45, 2.75) is 0 Å². The number of rotatable bonds is 1. The fourth-order valence-corrected chi connectivity index (χ4v) is 1.22. The second-order valence-corrected chi connectivity index (χ2v) is 3.12. The number of halogens is 1. The van der Waals surface area contributed by atoms with Gasteiger partial charge in [-0.25, -0.2) is 0 Å². The zero-order chi connectivity index (χ0) is 10.1. The summed E-state index contributed by atoms with van der Waals surface area (Å²) in [5.41, 5.74) is 6.65. The van der Waals surface area contributed by atoms with Gasteiger partial charge < -0.3 is 15.4 Å². The lowest BCUT2D eigenvalue weighted by molar-refractivity contribution is 0.432. The van der Waals surface area contributed by atoms with Crippen LogP contribution in [0.3, 0.4) is 0 Å². The Kier molecular flexibility index (Phi) is 2.05. The number of phenols is 1. The smallest absolute Gasteiger partial charge is 0.195 e. The molecular weight excluding hydrogens is 204 g/mol. The number of nitrogen functional groups attached to an aromatic ring is 1. The van der Waals surface area contributed by atoms with Crippen LogP contribution >= 0.6 is 11.6 Å². The largest absolute Gasteiger partial charge is 0.508 e. The van der Waals surface area contributed by atoms with Crippen LogP contribution < -0.4 is 5.73 Å². The van der Waals surface area contributed by atoms with Crippen molar-refractivity contribution in [3.05, 3.63) is 29.4 Å². The quantitative estimate of drug-likeness (QED) is 0.758. The lowest BCUT2D eigenvalue weighted by Gasteiger charge is -1.96. The number of nitrogens with zero attached hydrogens (tertiary/aromatic N) is 1. The Morgan fingerprint density at radius 2 is 1.93 bits per heavy atom. The van der Waals surface area contributed by atoms with Crippen LogP contribution in [0.25, 0.3) is 11.3 Å². The van der Waals surface area contributed by atoms with Gasteiger partial charge in [0, 0.05) is 5.56 Å². The van der Waals surface area contributed by atoms with Crippen LogP contribution in [0, 0.1) is 0 Å². The zero-order valence-electron chi connectivity index (χ0n) is 7.07. The molecule has 2 rings (SSSR count). The average molecular weight is 211 g/mol. The van der Waals surface area contributed by atoms with Crippen molar-refractivity contribution in [2.24, 2.45) is 0 Å². The number of hydrogen-bond acceptors (Lipinski definition) is 4. The minimum atomic E-state index is 0.146. The van der Waals surface area contributed by atoms with E-state index in [0.29, 0.717) is 11.4 Å². The number of aromatic hydroxyl groups is 1. The van der Waals surface area contributed by atoms with E-state index >= 15 is 0 Å². The van der Waals surface area contributed by atoms with Gasteiger partial charge in [0.15, 0.2) is 10.9 Å². The third kappa shape index (κ3) is 1.40. The summed E-state index contributed by atoms with van der Waals surface area (Å²) in [6, 6.07) is 6.40. The number of aromatic nitrogens is 1. The molecule has 0 spiro atoms. The van der Waals surface area contributed by atoms with Crippen LogP contribution in [0.5, 0.6) is 5.75 Å².